The number of carbonyl (C=O) groups is 1. The number of imidazole rings is 1. The summed E-state index contributed by atoms with van der Waals surface area (Å²) in [5, 5.41) is 9.54. The summed E-state index contributed by atoms with van der Waals surface area (Å²) in [6, 6.07) is 4.88. The van der Waals surface area contributed by atoms with Crippen LogP contribution >= 0.6 is 0 Å². The second-order valence-corrected chi connectivity index (χ2v) is 7.20. The molecular weight excluding hydrogens is 310 g/mol. The number of ether oxygens (including phenoxy) is 1. The number of rotatable bonds is 1. The zero-order valence-corrected chi connectivity index (χ0v) is 14.2. The SMILES string of the molecule is CC(C)(C)OC(=O)N1CCC(n2c(=O)[nH]c3cc(O)ccc32)CC1. The molecule has 2 aromatic rings. The Morgan fingerprint density at radius 2 is 1.96 bits per heavy atom. The van der Waals surface area contributed by atoms with E-state index in [1.165, 1.54) is 0 Å². The van der Waals surface area contributed by atoms with Crippen LogP contribution in [0.2, 0.25) is 0 Å². The number of piperidine rings is 1. The minimum atomic E-state index is -0.510. The molecule has 0 spiro atoms. The first-order valence-electron chi connectivity index (χ1n) is 8.16. The number of fused-ring (bicyclic) bond motifs is 1. The molecular formula is C17H23N3O4. The summed E-state index contributed by atoms with van der Waals surface area (Å²) in [5.41, 5.74) is 0.693. The molecule has 1 saturated heterocycles. The maximum absolute atomic E-state index is 12.3. The van der Waals surface area contributed by atoms with E-state index in [1.54, 1.807) is 27.7 Å². The summed E-state index contributed by atoms with van der Waals surface area (Å²) < 4.78 is 7.12. The lowest BCUT2D eigenvalue weighted by molar-refractivity contribution is 0.0189. The molecule has 1 aromatic carbocycles. The van der Waals surface area contributed by atoms with Crippen molar-refractivity contribution in [3.05, 3.63) is 28.7 Å². The van der Waals surface area contributed by atoms with Gasteiger partial charge >= 0.3 is 11.8 Å². The molecule has 1 aromatic heterocycles. The van der Waals surface area contributed by atoms with E-state index in [1.807, 2.05) is 20.8 Å². The number of aromatic hydroxyl groups is 1. The van der Waals surface area contributed by atoms with Crippen molar-refractivity contribution in [2.24, 2.45) is 0 Å². The van der Waals surface area contributed by atoms with Crippen LogP contribution in [0.5, 0.6) is 5.75 Å². The fourth-order valence-electron chi connectivity index (χ4n) is 3.11. The molecule has 1 amide bonds. The second kappa shape index (κ2) is 5.89. The Kier molecular flexibility index (Phi) is 4.03. The van der Waals surface area contributed by atoms with Crippen LogP contribution in [-0.4, -0.2) is 44.3 Å². The van der Waals surface area contributed by atoms with Crippen molar-refractivity contribution in [3.8, 4) is 5.75 Å². The Morgan fingerprint density at radius 3 is 2.58 bits per heavy atom. The molecule has 0 atom stereocenters. The highest BCUT2D eigenvalue weighted by molar-refractivity contribution is 5.77. The molecule has 0 radical (unpaired) electrons. The maximum Gasteiger partial charge on any atom is 0.410 e. The van der Waals surface area contributed by atoms with Crippen LogP contribution in [0.15, 0.2) is 23.0 Å². The molecule has 2 heterocycles. The van der Waals surface area contributed by atoms with Gasteiger partial charge in [-0.15, -0.1) is 0 Å². The summed E-state index contributed by atoms with van der Waals surface area (Å²) in [7, 11) is 0. The molecule has 0 bridgehead atoms. The average molecular weight is 333 g/mol. The Morgan fingerprint density at radius 1 is 1.29 bits per heavy atom. The number of aromatic nitrogens is 2. The highest BCUT2D eigenvalue weighted by atomic mass is 16.6. The van der Waals surface area contributed by atoms with Crippen molar-refractivity contribution in [2.75, 3.05) is 13.1 Å². The number of hydrogen-bond donors (Lipinski definition) is 2. The minimum absolute atomic E-state index is 0.0227. The lowest BCUT2D eigenvalue weighted by atomic mass is 10.0. The number of hydrogen-bond acceptors (Lipinski definition) is 4. The number of amides is 1. The number of nitrogens with one attached hydrogen (secondary N) is 1. The van der Waals surface area contributed by atoms with Gasteiger partial charge in [0.1, 0.15) is 11.4 Å². The highest BCUT2D eigenvalue weighted by Gasteiger charge is 2.28. The monoisotopic (exact) mass is 333 g/mol. The Labute approximate surface area is 139 Å². The Bertz CT molecular complexity index is 807. The van der Waals surface area contributed by atoms with Crippen molar-refractivity contribution in [3.63, 3.8) is 0 Å². The molecule has 7 heteroatoms. The number of carbonyl (C=O) groups excluding carboxylic acids is 1. The van der Waals surface area contributed by atoms with Gasteiger partial charge in [-0.2, -0.15) is 0 Å². The first-order valence-corrected chi connectivity index (χ1v) is 8.16. The van der Waals surface area contributed by atoms with Crippen LogP contribution in [0, 0.1) is 0 Å². The normalized spacial score (nSPS) is 16.5. The molecule has 0 aliphatic carbocycles. The van der Waals surface area contributed by atoms with E-state index in [9.17, 15) is 14.7 Å². The number of aromatic amines is 1. The maximum atomic E-state index is 12.3. The van der Waals surface area contributed by atoms with Crippen molar-refractivity contribution in [2.45, 2.75) is 45.3 Å². The van der Waals surface area contributed by atoms with Gasteiger partial charge in [-0.05, 0) is 45.7 Å². The highest BCUT2D eigenvalue weighted by Crippen LogP contribution is 2.27. The molecule has 1 aliphatic heterocycles. The minimum Gasteiger partial charge on any atom is -0.508 e. The number of phenolic OH excluding ortho intramolecular Hbond substituents is 1. The number of H-pyrrole nitrogens is 1. The number of likely N-dealkylation sites (tertiary alicyclic amines) is 1. The molecule has 130 valence electrons. The Hall–Kier alpha value is -2.44. The smallest absolute Gasteiger partial charge is 0.410 e. The van der Waals surface area contributed by atoms with Gasteiger partial charge in [-0.1, -0.05) is 0 Å². The third kappa shape index (κ3) is 3.25. The van der Waals surface area contributed by atoms with Crippen LogP contribution in [-0.2, 0) is 4.74 Å². The van der Waals surface area contributed by atoms with E-state index in [0.717, 1.165) is 5.52 Å². The van der Waals surface area contributed by atoms with E-state index >= 15 is 0 Å². The third-order valence-corrected chi connectivity index (χ3v) is 4.18. The van der Waals surface area contributed by atoms with Crippen LogP contribution < -0.4 is 5.69 Å². The van der Waals surface area contributed by atoms with Gasteiger partial charge in [0.05, 0.1) is 11.0 Å². The summed E-state index contributed by atoms with van der Waals surface area (Å²) in [5.74, 6) is 0.121. The first-order chi connectivity index (χ1) is 11.2. The lowest BCUT2D eigenvalue weighted by Gasteiger charge is -2.33. The second-order valence-electron chi connectivity index (χ2n) is 7.20. The quantitative estimate of drug-likeness (QED) is 0.840. The first kappa shape index (κ1) is 16.4. The summed E-state index contributed by atoms with van der Waals surface area (Å²) >= 11 is 0. The average Bonchev–Trinajstić information content (AvgIpc) is 2.80. The lowest BCUT2D eigenvalue weighted by Crippen LogP contribution is -2.43. The fraction of sp³-hybridized carbons (Fsp3) is 0.529. The van der Waals surface area contributed by atoms with Gasteiger partial charge in [0.25, 0.3) is 0 Å². The number of nitrogens with zero attached hydrogens (tertiary/aromatic N) is 2. The van der Waals surface area contributed by atoms with Crippen LogP contribution in [0.1, 0.15) is 39.7 Å². The van der Waals surface area contributed by atoms with Gasteiger partial charge in [0, 0.05) is 25.2 Å². The fourth-order valence-corrected chi connectivity index (χ4v) is 3.11. The Balaban J connectivity index is 1.75. The van der Waals surface area contributed by atoms with E-state index in [-0.39, 0.29) is 23.6 Å². The molecule has 2 N–H and O–H groups in total. The van der Waals surface area contributed by atoms with Crippen LogP contribution in [0.25, 0.3) is 11.0 Å². The van der Waals surface area contributed by atoms with E-state index in [2.05, 4.69) is 4.98 Å². The van der Waals surface area contributed by atoms with Crippen molar-refractivity contribution in [1.29, 1.82) is 0 Å². The van der Waals surface area contributed by atoms with E-state index < -0.39 is 5.60 Å². The molecule has 24 heavy (non-hydrogen) atoms. The zero-order valence-electron chi connectivity index (χ0n) is 14.2. The van der Waals surface area contributed by atoms with Crippen molar-refractivity contribution in [1.82, 2.24) is 14.5 Å². The molecule has 1 fully saturated rings. The van der Waals surface area contributed by atoms with E-state index in [4.69, 9.17) is 4.74 Å². The molecule has 0 unspecified atom stereocenters. The van der Waals surface area contributed by atoms with Crippen LogP contribution in [0.4, 0.5) is 4.79 Å². The topological polar surface area (TPSA) is 87.6 Å². The summed E-state index contributed by atoms with van der Waals surface area (Å²) in [4.78, 5) is 28.9. The third-order valence-electron chi connectivity index (χ3n) is 4.18. The van der Waals surface area contributed by atoms with Crippen molar-refractivity contribution >= 4 is 17.1 Å². The molecule has 3 rings (SSSR count). The van der Waals surface area contributed by atoms with Crippen LogP contribution in [0.3, 0.4) is 0 Å². The van der Waals surface area contributed by atoms with Gasteiger partial charge < -0.3 is 19.7 Å². The molecule has 1 aliphatic rings. The zero-order chi connectivity index (χ0) is 17.5. The number of benzene rings is 1. The van der Waals surface area contributed by atoms with Gasteiger partial charge in [-0.25, -0.2) is 9.59 Å². The van der Waals surface area contributed by atoms with Crippen molar-refractivity contribution < 1.29 is 14.6 Å². The standard InChI is InChI=1S/C17H23N3O4/c1-17(2,3)24-16(23)19-8-6-11(7-9-19)20-14-5-4-12(21)10-13(14)18-15(20)22/h4-5,10-11,21H,6-9H2,1-3H3,(H,18,22). The summed E-state index contributed by atoms with van der Waals surface area (Å²) in [6.07, 6.45) is 1.07. The molecule has 7 nitrogen and oxygen atoms in total. The van der Waals surface area contributed by atoms with Gasteiger partial charge in [0.15, 0.2) is 0 Å². The predicted molar refractivity (Wildman–Crippen MR) is 90.3 cm³/mol. The predicted octanol–water partition coefficient (Wildman–Crippen LogP) is 2.61. The molecule has 0 saturated carbocycles. The van der Waals surface area contributed by atoms with Gasteiger partial charge in [-0.3, -0.25) is 4.57 Å². The van der Waals surface area contributed by atoms with E-state index in [0.29, 0.717) is 31.4 Å². The largest absolute Gasteiger partial charge is 0.508 e. The number of phenols is 1. The van der Waals surface area contributed by atoms with Gasteiger partial charge in [0.2, 0.25) is 0 Å². The summed E-state index contributed by atoms with van der Waals surface area (Å²) in [6.45, 7) is 6.64.